The van der Waals surface area contributed by atoms with E-state index in [1.807, 2.05) is 18.7 Å². The molecule has 2 fully saturated rings. The molecule has 2 aliphatic heterocycles. The Hall–Kier alpha value is -0.610. The summed E-state index contributed by atoms with van der Waals surface area (Å²) >= 11 is 0. The van der Waals surface area contributed by atoms with Crippen LogP contribution in [0.3, 0.4) is 0 Å². The molecule has 0 radical (unpaired) electrons. The van der Waals surface area contributed by atoms with E-state index in [0.29, 0.717) is 6.61 Å². The van der Waals surface area contributed by atoms with Crippen LogP contribution in [0.15, 0.2) is 0 Å². The number of nitrogens with zero attached hydrogens (tertiary/aromatic N) is 1. The quantitative estimate of drug-likeness (QED) is 0.626. The van der Waals surface area contributed by atoms with Gasteiger partial charge in [-0.1, -0.05) is 0 Å². The second-order valence-electron chi connectivity index (χ2n) is 4.35. The average Bonchev–Trinajstić information content (AvgIpc) is 2.72. The van der Waals surface area contributed by atoms with E-state index >= 15 is 0 Å². The maximum absolute atomic E-state index is 11.9. The highest BCUT2D eigenvalue weighted by molar-refractivity contribution is 5.81. The molecule has 14 heavy (non-hydrogen) atoms. The van der Waals surface area contributed by atoms with Crippen molar-refractivity contribution >= 4 is 5.91 Å². The monoisotopic (exact) mass is 199 g/mol. The van der Waals surface area contributed by atoms with Crippen LogP contribution in [0.5, 0.6) is 0 Å². The van der Waals surface area contributed by atoms with Gasteiger partial charge in [-0.25, -0.2) is 0 Å². The summed E-state index contributed by atoms with van der Waals surface area (Å²) in [6.07, 6.45) is 1.84. The van der Waals surface area contributed by atoms with Gasteiger partial charge in [0.1, 0.15) is 0 Å². The Morgan fingerprint density at radius 3 is 2.50 bits per heavy atom. The van der Waals surface area contributed by atoms with Crippen LogP contribution in [-0.2, 0) is 14.3 Å². The zero-order valence-electron chi connectivity index (χ0n) is 8.78. The summed E-state index contributed by atoms with van der Waals surface area (Å²) in [7, 11) is 0. The van der Waals surface area contributed by atoms with Crippen molar-refractivity contribution < 1.29 is 14.3 Å². The molecule has 0 bridgehead atoms. The topological polar surface area (TPSA) is 38.8 Å². The first-order chi connectivity index (χ1) is 6.58. The molecular formula is C10H17NO3. The van der Waals surface area contributed by atoms with Gasteiger partial charge in [0, 0.05) is 13.1 Å². The molecule has 0 aromatic rings. The third-order valence-corrected chi connectivity index (χ3v) is 2.70. The lowest BCUT2D eigenvalue weighted by Crippen LogP contribution is -2.39. The normalized spacial score (nSPS) is 31.0. The highest BCUT2D eigenvalue weighted by Crippen LogP contribution is 2.24. The molecule has 80 valence electrons. The molecule has 2 rings (SSSR count). The van der Waals surface area contributed by atoms with Crippen LogP contribution in [0.25, 0.3) is 0 Å². The zero-order valence-corrected chi connectivity index (χ0v) is 8.78. The number of carbonyl (C=O) groups excluding carboxylic acids is 1. The summed E-state index contributed by atoms with van der Waals surface area (Å²) in [6, 6.07) is 0. The predicted molar refractivity (Wildman–Crippen MR) is 50.7 cm³/mol. The van der Waals surface area contributed by atoms with E-state index < -0.39 is 5.79 Å². The first kappa shape index (κ1) is 9.93. The minimum Gasteiger partial charge on any atom is -0.347 e. The predicted octanol–water partition coefficient (Wildman–Crippen LogP) is 0.760. The number of carbonyl (C=O) groups is 1. The summed E-state index contributed by atoms with van der Waals surface area (Å²) in [5.74, 6) is -0.506. The highest BCUT2D eigenvalue weighted by atomic mass is 16.7. The van der Waals surface area contributed by atoms with E-state index in [0.717, 1.165) is 25.9 Å². The van der Waals surface area contributed by atoms with Crippen molar-refractivity contribution in [3.05, 3.63) is 0 Å². The number of ether oxygens (including phenoxy) is 2. The van der Waals surface area contributed by atoms with Crippen LogP contribution in [0, 0.1) is 0 Å². The molecule has 2 aliphatic rings. The molecule has 4 nitrogen and oxygen atoms in total. The van der Waals surface area contributed by atoms with Crippen LogP contribution in [0.1, 0.15) is 26.7 Å². The Balaban J connectivity index is 1.92. The second kappa shape index (κ2) is 3.51. The summed E-state index contributed by atoms with van der Waals surface area (Å²) < 4.78 is 10.9. The largest absolute Gasteiger partial charge is 0.347 e. The third-order valence-electron chi connectivity index (χ3n) is 2.70. The number of rotatable bonds is 1. The Kier molecular flexibility index (Phi) is 2.49. The molecule has 2 heterocycles. The average molecular weight is 199 g/mol. The molecule has 2 saturated heterocycles. The fourth-order valence-corrected chi connectivity index (χ4v) is 1.95. The van der Waals surface area contributed by atoms with Crippen molar-refractivity contribution in [3.8, 4) is 0 Å². The molecule has 0 unspecified atom stereocenters. The van der Waals surface area contributed by atoms with E-state index in [1.54, 1.807) is 0 Å². The van der Waals surface area contributed by atoms with Gasteiger partial charge in [0.05, 0.1) is 6.61 Å². The summed E-state index contributed by atoms with van der Waals surface area (Å²) in [6.45, 7) is 5.81. The van der Waals surface area contributed by atoms with Gasteiger partial charge in [-0.15, -0.1) is 0 Å². The van der Waals surface area contributed by atoms with E-state index in [1.165, 1.54) is 0 Å². The lowest BCUT2D eigenvalue weighted by atomic mass is 10.3. The van der Waals surface area contributed by atoms with Gasteiger partial charge in [0.25, 0.3) is 5.91 Å². The van der Waals surface area contributed by atoms with Crippen molar-refractivity contribution in [3.63, 3.8) is 0 Å². The first-order valence-corrected chi connectivity index (χ1v) is 5.19. The number of amides is 1. The van der Waals surface area contributed by atoms with E-state index in [4.69, 9.17) is 9.47 Å². The fraction of sp³-hybridized carbons (Fsp3) is 0.900. The molecule has 0 aromatic carbocycles. The number of likely N-dealkylation sites (tertiary alicyclic amines) is 1. The van der Waals surface area contributed by atoms with Gasteiger partial charge in [-0.3, -0.25) is 4.79 Å². The maximum Gasteiger partial charge on any atom is 0.254 e. The SMILES string of the molecule is CC1(C)OC[C@@H](C(=O)N2CCCC2)O1. The molecule has 0 N–H and O–H groups in total. The lowest BCUT2D eigenvalue weighted by Gasteiger charge is -2.20. The number of hydrogen-bond acceptors (Lipinski definition) is 3. The first-order valence-electron chi connectivity index (χ1n) is 5.19. The van der Waals surface area contributed by atoms with Crippen molar-refractivity contribution in [2.75, 3.05) is 19.7 Å². The van der Waals surface area contributed by atoms with E-state index in [2.05, 4.69) is 0 Å². The molecule has 0 aliphatic carbocycles. The van der Waals surface area contributed by atoms with Crippen LogP contribution in [-0.4, -0.2) is 42.4 Å². The fourth-order valence-electron chi connectivity index (χ4n) is 1.95. The second-order valence-corrected chi connectivity index (χ2v) is 4.35. The van der Waals surface area contributed by atoms with Gasteiger partial charge in [0.2, 0.25) is 0 Å². The smallest absolute Gasteiger partial charge is 0.254 e. The summed E-state index contributed by atoms with van der Waals surface area (Å²) in [5.41, 5.74) is 0. The standard InChI is InChI=1S/C10H17NO3/c1-10(2)13-7-8(14-10)9(12)11-5-3-4-6-11/h8H,3-7H2,1-2H3/t8-/m0/s1. The minimum absolute atomic E-state index is 0.0908. The molecule has 0 saturated carbocycles. The Morgan fingerprint density at radius 2 is 2.00 bits per heavy atom. The van der Waals surface area contributed by atoms with Crippen LogP contribution in [0.2, 0.25) is 0 Å². The van der Waals surface area contributed by atoms with Gasteiger partial charge >= 0.3 is 0 Å². The van der Waals surface area contributed by atoms with Crippen molar-refractivity contribution in [1.82, 2.24) is 4.90 Å². The van der Waals surface area contributed by atoms with Gasteiger partial charge in [-0.2, -0.15) is 0 Å². The molecular weight excluding hydrogens is 182 g/mol. The molecule has 1 amide bonds. The summed E-state index contributed by atoms with van der Waals surface area (Å²) in [5, 5.41) is 0. The van der Waals surface area contributed by atoms with Gasteiger partial charge in [0.15, 0.2) is 11.9 Å². The van der Waals surface area contributed by atoms with Crippen LogP contribution in [0.4, 0.5) is 0 Å². The third kappa shape index (κ3) is 1.91. The molecule has 4 heteroatoms. The Bertz CT molecular complexity index is 234. The minimum atomic E-state index is -0.597. The molecule has 0 spiro atoms. The molecule has 1 atom stereocenters. The van der Waals surface area contributed by atoms with Crippen molar-refractivity contribution in [2.24, 2.45) is 0 Å². The highest BCUT2D eigenvalue weighted by Gasteiger charge is 2.39. The van der Waals surface area contributed by atoms with Crippen molar-refractivity contribution in [2.45, 2.75) is 38.6 Å². The maximum atomic E-state index is 11.9. The van der Waals surface area contributed by atoms with E-state index in [-0.39, 0.29) is 12.0 Å². The van der Waals surface area contributed by atoms with Crippen LogP contribution >= 0.6 is 0 Å². The Morgan fingerprint density at radius 1 is 1.36 bits per heavy atom. The van der Waals surface area contributed by atoms with E-state index in [9.17, 15) is 4.79 Å². The van der Waals surface area contributed by atoms with Crippen LogP contribution < -0.4 is 0 Å². The molecule has 0 aromatic heterocycles. The summed E-state index contributed by atoms with van der Waals surface area (Å²) in [4.78, 5) is 13.7. The van der Waals surface area contributed by atoms with Gasteiger partial charge in [-0.05, 0) is 26.7 Å². The van der Waals surface area contributed by atoms with Gasteiger partial charge < -0.3 is 14.4 Å². The Labute approximate surface area is 84.2 Å². The zero-order chi connectivity index (χ0) is 10.2. The lowest BCUT2D eigenvalue weighted by molar-refractivity contribution is -0.159. The van der Waals surface area contributed by atoms with Crippen molar-refractivity contribution in [1.29, 1.82) is 0 Å². The number of hydrogen-bond donors (Lipinski definition) is 0.